The van der Waals surface area contributed by atoms with Crippen molar-refractivity contribution in [2.24, 2.45) is 17.8 Å². The fraction of sp³-hybridized carbons (Fsp3) is 0.485. The van der Waals surface area contributed by atoms with Gasteiger partial charge in [0.15, 0.2) is 0 Å². The molecule has 3 N–H and O–H groups in total. The number of piperidine rings is 1. The Labute approximate surface area is 261 Å². The van der Waals surface area contributed by atoms with E-state index < -0.39 is 12.0 Å². The molecule has 1 saturated heterocycles. The molecule has 0 radical (unpaired) electrons. The van der Waals surface area contributed by atoms with Crippen molar-refractivity contribution in [1.82, 2.24) is 20.3 Å². The van der Waals surface area contributed by atoms with Crippen LogP contribution >= 0.6 is 0 Å². The van der Waals surface area contributed by atoms with Gasteiger partial charge in [0, 0.05) is 23.5 Å². The summed E-state index contributed by atoms with van der Waals surface area (Å²) in [5, 5.41) is 17.7. The number of hydrogen-bond acceptors (Lipinski definition) is 10. The Bertz CT molecular complexity index is 1470. The molecule has 12 heteroatoms. The standard InChI is InChI=1S/C33H39F2N5O5/c1-20-15-26(39-29(16-20)40-28-17-23(30(34)35)11-14-37-28)24-5-8-27(38-18-24)33(2,43)25-6-3-21(4-7-25)31(41)44-19-45-32(42)22-9-12-36-13-10-22/h5,8,11,14-18,21-22,25,30,36,43H,3-4,6-7,9-10,12-13,19H2,1-2H3,(H,37,39,40)/t21?,25?,33-/m1/s1. The summed E-state index contributed by atoms with van der Waals surface area (Å²) in [5.74, 6) is -0.569. The van der Waals surface area contributed by atoms with Crippen LogP contribution in [0.5, 0.6) is 0 Å². The van der Waals surface area contributed by atoms with E-state index >= 15 is 0 Å². The van der Waals surface area contributed by atoms with Crippen molar-refractivity contribution >= 4 is 23.6 Å². The van der Waals surface area contributed by atoms with Crippen molar-refractivity contribution in [3.63, 3.8) is 0 Å². The topological polar surface area (TPSA) is 136 Å². The Morgan fingerprint density at radius 3 is 2.31 bits per heavy atom. The van der Waals surface area contributed by atoms with E-state index in [2.05, 4.69) is 25.6 Å². The molecule has 0 bridgehead atoms. The lowest BCUT2D eigenvalue weighted by molar-refractivity contribution is -0.174. The van der Waals surface area contributed by atoms with Gasteiger partial charge in [-0.15, -0.1) is 0 Å². The molecule has 0 aromatic carbocycles. The highest BCUT2D eigenvalue weighted by molar-refractivity contribution is 5.74. The summed E-state index contributed by atoms with van der Waals surface area (Å²) in [6.07, 6.45) is 4.14. The first-order valence-corrected chi connectivity index (χ1v) is 15.3. The first-order chi connectivity index (χ1) is 21.6. The van der Waals surface area contributed by atoms with Crippen molar-refractivity contribution in [1.29, 1.82) is 0 Å². The summed E-state index contributed by atoms with van der Waals surface area (Å²) < 4.78 is 36.6. The van der Waals surface area contributed by atoms with Crippen LogP contribution in [0.15, 0.2) is 48.8 Å². The largest absolute Gasteiger partial charge is 0.428 e. The van der Waals surface area contributed by atoms with Crippen LogP contribution < -0.4 is 10.6 Å². The molecule has 10 nitrogen and oxygen atoms in total. The molecule has 0 spiro atoms. The van der Waals surface area contributed by atoms with Gasteiger partial charge >= 0.3 is 11.9 Å². The van der Waals surface area contributed by atoms with Gasteiger partial charge in [-0.05, 0) is 113 Å². The lowest BCUT2D eigenvalue weighted by Crippen LogP contribution is -2.37. The van der Waals surface area contributed by atoms with Gasteiger partial charge in [-0.2, -0.15) is 0 Å². The Balaban J connectivity index is 1.15. The molecule has 45 heavy (non-hydrogen) atoms. The van der Waals surface area contributed by atoms with Crippen LogP contribution in [0, 0.1) is 24.7 Å². The second-order valence-electron chi connectivity index (χ2n) is 12.0. The van der Waals surface area contributed by atoms with Crippen molar-refractivity contribution in [2.45, 2.75) is 64.4 Å². The predicted octanol–water partition coefficient (Wildman–Crippen LogP) is 5.59. The third-order valence-corrected chi connectivity index (χ3v) is 8.77. The van der Waals surface area contributed by atoms with Gasteiger partial charge in [0.25, 0.3) is 6.43 Å². The van der Waals surface area contributed by atoms with E-state index in [1.54, 1.807) is 25.3 Å². The van der Waals surface area contributed by atoms with Crippen LogP contribution in [0.4, 0.5) is 20.4 Å². The minimum atomic E-state index is -2.60. The third-order valence-electron chi connectivity index (χ3n) is 8.77. The molecule has 240 valence electrons. The molecule has 3 aromatic rings. The lowest BCUT2D eigenvalue weighted by atomic mass is 9.73. The highest BCUT2D eigenvalue weighted by atomic mass is 19.3. The van der Waals surface area contributed by atoms with Crippen LogP contribution in [0.3, 0.4) is 0 Å². The van der Waals surface area contributed by atoms with Crippen LogP contribution in [-0.2, 0) is 24.7 Å². The molecule has 1 aliphatic heterocycles. The van der Waals surface area contributed by atoms with E-state index in [1.165, 1.54) is 18.3 Å². The second kappa shape index (κ2) is 14.4. The average Bonchev–Trinajstić information content (AvgIpc) is 3.05. The van der Waals surface area contributed by atoms with Crippen molar-refractivity contribution in [3.05, 3.63) is 65.6 Å². The van der Waals surface area contributed by atoms with E-state index in [0.29, 0.717) is 42.9 Å². The van der Waals surface area contributed by atoms with Crippen molar-refractivity contribution < 1.29 is 33.0 Å². The number of aromatic nitrogens is 3. The van der Waals surface area contributed by atoms with Crippen molar-refractivity contribution in [3.8, 4) is 11.3 Å². The van der Waals surface area contributed by atoms with Gasteiger partial charge in [0.1, 0.15) is 17.2 Å². The maximum absolute atomic E-state index is 13.1. The average molecular weight is 624 g/mol. The first-order valence-electron chi connectivity index (χ1n) is 15.3. The van der Waals surface area contributed by atoms with Crippen molar-refractivity contribution in [2.75, 3.05) is 25.2 Å². The van der Waals surface area contributed by atoms with Crippen LogP contribution in [0.2, 0.25) is 0 Å². The zero-order chi connectivity index (χ0) is 32.0. The summed E-state index contributed by atoms with van der Waals surface area (Å²) >= 11 is 0. The van der Waals surface area contributed by atoms with E-state index in [0.717, 1.165) is 37.1 Å². The molecule has 1 atom stereocenters. The molecular weight excluding hydrogens is 584 g/mol. The Morgan fingerprint density at radius 1 is 0.978 bits per heavy atom. The summed E-state index contributed by atoms with van der Waals surface area (Å²) in [4.78, 5) is 38.1. The molecule has 4 heterocycles. The monoisotopic (exact) mass is 623 g/mol. The normalized spacial score (nSPS) is 20.3. The molecule has 1 aliphatic carbocycles. The number of ether oxygens (including phenoxy) is 2. The maximum Gasteiger partial charge on any atom is 0.311 e. The molecule has 0 unspecified atom stereocenters. The van der Waals surface area contributed by atoms with Crippen LogP contribution in [0.1, 0.15) is 68.7 Å². The fourth-order valence-corrected chi connectivity index (χ4v) is 6.05. The fourth-order valence-electron chi connectivity index (χ4n) is 6.05. The van der Waals surface area contributed by atoms with Gasteiger partial charge in [-0.3, -0.25) is 14.6 Å². The number of hydrogen-bond donors (Lipinski definition) is 3. The minimum absolute atomic E-state index is 0.109. The van der Waals surface area contributed by atoms with E-state index in [9.17, 15) is 23.5 Å². The number of pyridine rings is 3. The summed E-state index contributed by atoms with van der Waals surface area (Å²) in [6.45, 7) is 4.83. The summed E-state index contributed by atoms with van der Waals surface area (Å²) in [7, 11) is 0. The molecular formula is C33H39F2N5O5. The number of nitrogens with one attached hydrogen (secondary N) is 2. The molecule has 0 amide bonds. The van der Waals surface area contributed by atoms with E-state index in [1.807, 2.05) is 19.1 Å². The number of alkyl halides is 2. The van der Waals surface area contributed by atoms with E-state index in [-0.39, 0.29) is 47.9 Å². The molecule has 5 rings (SSSR count). The van der Waals surface area contributed by atoms with E-state index in [4.69, 9.17) is 9.47 Å². The number of aliphatic hydroxyl groups is 1. The van der Waals surface area contributed by atoms with Gasteiger partial charge in [0.2, 0.25) is 6.79 Å². The second-order valence-corrected chi connectivity index (χ2v) is 12.0. The van der Waals surface area contributed by atoms with Gasteiger partial charge in [-0.25, -0.2) is 18.7 Å². The molecule has 2 fully saturated rings. The number of aryl methyl sites for hydroxylation is 1. The number of anilines is 2. The highest BCUT2D eigenvalue weighted by Crippen LogP contribution is 2.41. The Kier molecular flexibility index (Phi) is 10.3. The summed E-state index contributed by atoms with van der Waals surface area (Å²) in [5.41, 5.74) is 1.42. The lowest BCUT2D eigenvalue weighted by Gasteiger charge is -2.37. The van der Waals surface area contributed by atoms with Gasteiger partial charge < -0.3 is 25.2 Å². The molecule has 3 aromatic heterocycles. The van der Waals surface area contributed by atoms with Crippen LogP contribution in [0.25, 0.3) is 11.3 Å². The maximum atomic E-state index is 13.1. The smallest absolute Gasteiger partial charge is 0.311 e. The summed E-state index contributed by atoms with van der Waals surface area (Å²) in [6, 6.07) is 9.85. The molecule has 2 aliphatic rings. The number of halogens is 2. The number of carbonyl (C=O) groups excluding carboxylic acids is 2. The third kappa shape index (κ3) is 8.17. The quantitative estimate of drug-likeness (QED) is 0.194. The number of carbonyl (C=O) groups is 2. The SMILES string of the molecule is Cc1cc(Nc2cc(C(F)F)ccn2)nc(-c2ccc([C@](C)(O)C3CCC(C(=O)OCOC(=O)C4CCNCC4)CC3)nc2)c1. The number of nitrogens with zero attached hydrogens (tertiary/aromatic N) is 3. The minimum Gasteiger partial charge on any atom is -0.428 e. The van der Waals surface area contributed by atoms with Crippen LogP contribution in [-0.4, -0.2) is 51.9 Å². The first kappa shape index (κ1) is 32.4. The highest BCUT2D eigenvalue weighted by Gasteiger charge is 2.39. The number of rotatable bonds is 10. The van der Waals surface area contributed by atoms with Gasteiger partial charge in [0.05, 0.1) is 23.2 Å². The zero-order valence-corrected chi connectivity index (χ0v) is 25.5. The zero-order valence-electron chi connectivity index (χ0n) is 25.5. The Hall–Kier alpha value is -4.03. The van der Waals surface area contributed by atoms with Gasteiger partial charge in [-0.1, -0.05) is 0 Å². The Morgan fingerprint density at radius 2 is 1.67 bits per heavy atom. The predicted molar refractivity (Wildman–Crippen MR) is 162 cm³/mol. The number of esters is 2. The molecule has 1 saturated carbocycles.